The van der Waals surface area contributed by atoms with Crippen LogP contribution in [0.2, 0.25) is 0 Å². The van der Waals surface area contributed by atoms with Crippen LogP contribution in [-0.2, 0) is 11.3 Å². The van der Waals surface area contributed by atoms with Crippen molar-refractivity contribution in [3.05, 3.63) is 124 Å². The van der Waals surface area contributed by atoms with Gasteiger partial charge in [-0.1, -0.05) is 97.8 Å². The second-order valence-electron chi connectivity index (χ2n) is 10.5. The molecule has 1 amide bonds. The Hall–Kier alpha value is -3.59. The monoisotopic (exact) mass is 495 g/mol. The highest BCUT2D eigenvalue weighted by atomic mass is 16.5. The molecule has 0 spiro atoms. The third-order valence-corrected chi connectivity index (χ3v) is 7.13. The first-order chi connectivity index (χ1) is 17.7. The lowest BCUT2D eigenvalue weighted by atomic mass is 9.67. The average molecular weight is 496 g/mol. The van der Waals surface area contributed by atoms with E-state index >= 15 is 0 Å². The Kier molecular flexibility index (Phi) is 9.91. The molecule has 0 saturated carbocycles. The van der Waals surface area contributed by atoms with Crippen LogP contribution in [0.5, 0.6) is 5.75 Å². The molecule has 0 heterocycles. The number of amides is 1. The molecule has 1 N–H and O–H groups in total. The minimum atomic E-state index is -0.0841. The van der Waals surface area contributed by atoms with Crippen LogP contribution >= 0.6 is 0 Å². The Morgan fingerprint density at radius 1 is 1.05 bits per heavy atom. The van der Waals surface area contributed by atoms with Crippen LogP contribution in [0, 0.1) is 5.41 Å². The van der Waals surface area contributed by atoms with Crippen LogP contribution in [0.15, 0.2) is 113 Å². The van der Waals surface area contributed by atoms with Crippen LogP contribution < -0.4 is 10.1 Å². The van der Waals surface area contributed by atoms with Gasteiger partial charge < -0.3 is 10.1 Å². The van der Waals surface area contributed by atoms with E-state index in [0.29, 0.717) is 12.5 Å². The molecule has 1 unspecified atom stereocenters. The van der Waals surface area contributed by atoms with Crippen LogP contribution in [0.3, 0.4) is 0 Å². The maximum atomic E-state index is 12.2. The molecule has 0 fully saturated rings. The number of ether oxygens (including phenoxy) is 1. The minimum Gasteiger partial charge on any atom is -0.497 e. The van der Waals surface area contributed by atoms with E-state index in [1.165, 1.54) is 16.7 Å². The van der Waals surface area contributed by atoms with Gasteiger partial charge in [-0.3, -0.25) is 4.79 Å². The summed E-state index contributed by atoms with van der Waals surface area (Å²) in [5.41, 5.74) is 7.47. The van der Waals surface area contributed by atoms with Crippen molar-refractivity contribution < 1.29 is 9.53 Å². The fourth-order valence-electron chi connectivity index (χ4n) is 4.92. The normalized spacial score (nSPS) is 18.5. The van der Waals surface area contributed by atoms with Crippen molar-refractivity contribution in [2.75, 3.05) is 7.11 Å². The Labute approximate surface area is 223 Å². The summed E-state index contributed by atoms with van der Waals surface area (Å²) in [5, 5.41) is 2.93. The molecular formula is C34H41NO2. The van der Waals surface area contributed by atoms with Gasteiger partial charge in [-0.25, -0.2) is 0 Å². The van der Waals surface area contributed by atoms with Crippen molar-refractivity contribution in [2.24, 2.45) is 5.41 Å². The molecule has 3 nitrogen and oxygen atoms in total. The van der Waals surface area contributed by atoms with Crippen molar-refractivity contribution in [3.8, 4) is 5.75 Å². The van der Waals surface area contributed by atoms with Gasteiger partial charge in [0.1, 0.15) is 5.75 Å². The number of carbonyl (C=O) groups is 1. The quantitative estimate of drug-likeness (QED) is 0.281. The first-order valence-electron chi connectivity index (χ1n) is 13.1. The predicted molar refractivity (Wildman–Crippen MR) is 156 cm³/mol. The summed E-state index contributed by atoms with van der Waals surface area (Å²) in [6.07, 6.45) is 14.5. The van der Waals surface area contributed by atoms with Gasteiger partial charge in [-0.15, -0.1) is 0 Å². The van der Waals surface area contributed by atoms with Crippen molar-refractivity contribution in [3.63, 3.8) is 0 Å². The van der Waals surface area contributed by atoms with Gasteiger partial charge in [-0.05, 0) is 73.4 Å². The number of hydrogen-bond acceptors (Lipinski definition) is 2. The lowest BCUT2D eigenvalue weighted by Gasteiger charge is -2.37. The van der Waals surface area contributed by atoms with Gasteiger partial charge in [-0.2, -0.15) is 0 Å². The van der Waals surface area contributed by atoms with Crippen LogP contribution in [0.4, 0.5) is 0 Å². The maximum Gasteiger partial charge on any atom is 0.244 e. The van der Waals surface area contributed by atoms with Crippen molar-refractivity contribution in [1.82, 2.24) is 5.32 Å². The predicted octanol–water partition coefficient (Wildman–Crippen LogP) is 8.24. The fourth-order valence-corrected chi connectivity index (χ4v) is 4.92. The number of rotatable bonds is 9. The lowest BCUT2D eigenvalue weighted by molar-refractivity contribution is -0.116. The standard InChI is InChI=1S/C34H41NO2/c1-25(12-10-13-26(2)22-33(36)35-24-28-14-8-7-9-15-28)18-19-32-27(3)31(20-21-34(32,4)5)29-16-11-17-30(23-29)37-6/h7-19,22-23,31H,20-21,24H2,1-6H3,(H,35,36)/b13-10+,19-18+,25-12+,26-22-. The first-order valence-corrected chi connectivity index (χ1v) is 13.1. The van der Waals surface area contributed by atoms with Gasteiger partial charge in [0.25, 0.3) is 0 Å². The molecule has 2 aromatic carbocycles. The summed E-state index contributed by atoms with van der Waals surface area (Å²) >= 11 is 0. The lowest BCUT2D eigenvalue weighted by Crippen LogP contribution is -2.23. The van der Waals surface area contributed by atoms with Gasteiger partial charge in [0.05, 0.1) is 7.11 Å². The number of allylic oxidation sites excluding steroid dienone is 9. The Bertz CT molecular complexity index is 1230. The zero-order chi connectivity index (χ0) is 26.8. The summed E-state index contributed by atoms with van der Waals surface area (Å²) in [6, 6.07) is 18.4. The number of hydrogen-bond donors (Lipinski definition) is 1. The summed E-state index contributed by atoms with van der Waals surface area (Å²) in [5.74, 6) is 1.24. The van der Waals surface area contributed by atoms with E-state index in [1.54, 1.807) is 13.2 Å². The summed E-state index contributed by atoms with van der Waals surface area (Å²) in [6.45, 7) is 11.5. The molecule has 37 heavy (non-hydrogen) atoms. The summed E-state index contributed by atoms with van der Waals surface area (Å²) in [4.78, 5) is 12.2. The van der Waals surface area contributed by atoms with Crippen LogP contribution in [-0.4, -0.2) is 13.0 Å². The van der Waals surface area contributed by atoms with Crippen molar-refractivity contribution >= 4 is 5.91 Å². The van der Waals surface area contributed by atoms with E-state index in [9.17, 15) is 4.79 Å². The zero-order valence-electron chi connectivity index (χ0n) is 23.2. The molecule has 1 aliphatic carbocycles. The molecule has 194 valence electrons. The molecule has 1 aliphatic rings. The Balaban J connectivity index is 1.66. The highest BCUT2D eigenvalue weighted by Crippen LogP contribution is 2.47. The van der Waals surface area contributed by atoms with Gasteiger partial charge in [0.2, 0.25) is 5.91 Å². The largest absolute Gasteiger partial charge is 0.497 e. The smallest absolute Gasteiger partial charge is 0.244 e. The van der Waals surface area contributed by atoms with Gasteiger partial charge in [0.15, 0.2) is 0 Å². The highest BCUT2D eigenvalue weighted by molar-refractivity contribution is 5.88. The number of benzene rings is 2. The molecule has 0 radical (unpaired) electrons. The fraction of sp³-hybridized carbons (Fsp3) is 0.324. The molecular weight excluding hydrogens is 454 g/mol. The molecule has 0 bridgehead atoms. The second kappa shape index (κ2) is 13.1. The topological polar surface area (TPSA) is 38.3 Å². The van der Waals surface area contributed by atoms with Gasteiger partial charge in [0, 0.05) is 18.5 Å². The molecule has 0 aliphatic heterocycles. The van der Waals surface area contributed by atoms with E-state index in [4.69, 9.17) is 4.74 Å². The van der Waals surface area contributed by atoms with E-state index in [0.717, 1.165) is 35.3 Å². The second-order valence-corrected chi connectivity index (χ2v) is 10.5. The van der Waals surface area contributed by atoms with E-state index in [1.807, 2.05) is 55.5 Å². The first kappa shape index (κ1) is 28.0. The van der Waals surface area contributed by atoms with E-state index in [2.05, 4.69) is 69.4 Å². The van der Waals surface area contributed by atoms with Crippen molar-refractivity contribution in [1.29, 1.82) is 0 Å². The molecule has 3 heteroatoms. The molecule has 0 aromatic heterocycles. The minimum absolute atomic E-state index is 0.0841. The third kappa shape index (κ3) is 8.21. The molecule has 1 atom stereocenters. The Morgan fingerprint density at radius 2 is 1.81 bits per heavy atom. The van der Waals surface area contributed by atoms with E-state index < -0.39 is 0 Å². The van der Waals surface area contributed by atoms with Crippen LogP contribution in [0.1, 0.15) is 64.5 Å². The van der Waals surface area contributed by atoms with Crippen molar-refractivity contribution in [2.45, 2.75) is 59.9 Å². The third-order valence-electron chi connectivity index (χ3n) is 7.13. The number of carbonyl (C=O) groups excluding carboxylic acids is 1. The molecule has 2 aromatic rings. The van der Waals surface area contributed by atoms with E-state index in [-0.39, 0.29) is 11.3 Å². The highest BCUT2D eigenvalue weighted by Gasteiger charge is 2.32. The summed E-state index contributed by atoms with van der Waals surface area (Å²) < 4.78 is 5.46. The average Bonchev–Trinajstić information content (AvgIpc) is 2.87. The van der Waals surface area contributed by atoms with Crippen LogP contribution in [0.25, 0.3) is 0 Å². The zero-order valence-corrected chi connectivity index (χ0v) is 23.2. The summed E-state index contributed by atoms with van der Waals surface area (Å²) in [7, 11) is 1.72. The SMILES string of the molecule is COc1cccc(C2CCC(C)(C)C(/C=C/C(C)=C/C=C/C(C)=C\C(=O)NCc3ccccc3)=C2C)c1. The number of methoxy groups -OCH3 is 1. The maximum absolute atomic E-state index is 12.2. The van der Waals surface area contributed by atoms with Gasteiger partial charge >= 0.3 is 0 Å². The number of nitrogens with one attached hydrogen (secondary N) is 1. The molecule has 3 rings (SSSR count). The molecule has 0 saturated heterocycles. The Morgan fingerprint density at radius 3 is 2.54 bits per heavy atom.